The monoisotopic (exact) mass is 192 g/mol. The van der Waals surface area contributed by atoms with Crippen LogP contribution in [0.15, 0.2) is 0 Å². The SMILES string of the molecule is CC(CC(F)(F)F)P(=O)(O)O. The molecule has 0 amide bonds. The van der Waals surface area contributed by atoms with E-state index < -0.39 is 25.9 Å². The lowest BCUT2D eigenvalue weighted by molar-refractivity contribution is -0.134. The molecular formula is C4H8F3O3P. The third-order valence-corrected chi connectivity index (χ3v) is 2.43. The maximum absolute atomic E-state index is 11.5. The van der Waals surface area contributed by atoms with Crippen LogP contribution in [-0.2, 0) is 4.57 Å². The van der Waals surface area contributed by atoms with Gasteiger partial charge < -0.3 is 9.79 Å². The highest BCUT2D eigenvalue weighted by Crippen LogP contribution is 2.45. The topological polar surface area (TPSA) is 57.5 Å². The lowest BCUT2D eigenvalue weighted by atomic mass is 10.3. The van der Waals surface area contributed by atoms with Crippen molar-refractivity contribution in [3.8, 4) is 0 Å². The van der Waals surface area contributed by atoms with Gasteiger partial charge in [0.2, 0.25) is 0 Å². The Bertz CT molecular complexity index is 172. The predicted molar refractivity (Wildman–Crippen MR) is 32.2 cm³/mol. The zero-order chi connectivity index (χ0) is 9.28. The van der Waals surface area contributed by atoms with Gasteiger partial charge in [0, 0.05) is 0 Å². The second kappa shape index (κ2) is 3.13. The minimum absolute atomic E-state index is 0.869. The molecule has 0 aliphatic heterocycles. The number of hydrogen-bond donors (Lipinski definition) is 2. The fraction of sp³-hybridized carbons (Fsp3) is 1.00. The quantitative estimate of drug-likeness (QED) is 0.652. The van der Waals surface area contributed by atoms with E-state index in [9.17, 15) is 17.7 Å². The predicted octanol–water partition coefficient (Wildman–Crippen LogP) is 1.50. The Hall–Kier alpha value is -0.0600. The van der Waals surface area contributed by atoms with Crippen molar-refractivity contribution < 1.29 is 27.5 Å². The van der Waals surface area contributed by atoms with Crippen LogP contribution in [0.4, 0.5) is 13.2 Å². The number of alkyl halides is 3. The molecule has 0 bridgehead atoms. The van der Waals surface area contributed by atoms with Gasteiger partial charge in [-0.05, 0) is 0 Å². The molecule has 0 rings (SSSR count). The second-order valence-corrected chi connectivity index (χ2v) is 4.32. The first-order chi connectivity index (χ1) is 4.63. The van der Waals surface area contributed by atoms with E-state index in [1.807, 2.05) is 0 Å². The standard InChI is InChI=1S/C4H8F3O3P/c1-3(11(8,9)10)2-4(5,6)7/h3H,2H2,1H3,(H2,8,9,10). The minimum atomic E-state index is -4.57. The molecule has 0 spiro atoms. The van der Waals surface area contributed by atoms with Gasteiger partial charge in [-0.3, -0.25) is 4.57 Å². The van der Waals surface area contributed by atoms with E-state index in [0.29, 0.717) is 0 Å². The van der Waals surface area contributed by atoms with Gasteiger partial charge in [0.05, 0.1) is 12.1 Å². The summed E-state index contributed by atoms with van der Waals surface area (Å²) >= 11 is 0. The molecule has 0 saturated heterocycles. The van der Waals surface area contributed by atoms with Gasteiger partial charge in [-0.2, -0.15) is 13.2 Å². The van der Waals surface area contributed by atoms with Crippen molar-refractivity contribution in [2.24, 2.45) is 0 Å². The van der Waals surface area contributed by atoms with Crippen LogP contribution in [0.1, 0.15) is 13.3 Å². The molecule has 0 aliphatic rings. The smallest absolute Gasteiger partial charge is 0.324 e. The first-order valence-corrected chi connectivity index (χ1v) is 4.43. The van der Waals surface area contributed by atoms with E-state index in [1.54, 1.807) is 0 Å². The zero-order valence-corrected chi connectivity index (χ0v) is 6.56. The van der Waals surface area contributed by atoms with Crippen molar-refractivity contribution in [3.05, 3.63) is 0 Å². The molecule has 0 radical (unpaired) electrons. The minimum Gasteiger partial charge on any atom is -0.324 e. The molecule has 11 heavy (non-hydrogen) atoms. The summed E-state index contributed by atoms with van der Waals surface area (Å²) in [6.45, 7) is 0.869. The van der Waals surface area contributed by atoms with Gasteiger partial charge in [0.1, 0.15) is 0 Å². The van der Waals surface area contributed by atoms with Crippen molar-refractivity contribution in [2.75, 3.05) is 0 Å². The van der Waals surface area contributed by atoms with E-state index in [2.05, 4.69) is 0 Å². The number of halogens is 3. The Balaban J connectivity index is 4.10. The summed E-state index contributed by atoms with van der Waals surface area (Å²) in [6, 6.07) is 0. The molecule has 1 unspecified atom stereocenters. The fourth-order valence-electron chi connectivity index (χ4n) is 0.454. The van der Waals surface area contributed by atoms with Crippen LogP contribution in [0.2, 0.25) is 0 Å². The van der Waals surface area contributed by atoms with Gasteiger partial charge in [-0.15, -0.1) is 0 Å². The lowest BCUT2D eigenvalue weighted by Gasteiger charge is -2.14. The molecule has 0 heterocycles. The molecule has 0 aliphatic carbocycles. The van der Waals surface area contributed by atoms with E-state index >= 15 is 0 Å². The highest BCUT2D eigenvalue weighted by molar-refractivity contribution is 7.52. The van der Waals surface area contributed by atoms with Crippen LogP contribution in [0.5, 0.6) is 0 Å². The van der Waals surface area contributed by atoms with Crippen LogP contribution < -0.4 is 0 Å². The molecule has 0 saturated carbocycles. The second-order valence-electron chi connectivity index (χ2n) is 2.26. The number of rotatable bonds is 2. The van der Waals surface area contributed by atoms with Crippen LogP contribution in [0.25, 0.3) is 0 Å². The van der Waals surface area contributed by atoms with E-state index in [1.165, 1.54) is 0 Å². The fourth-order valence-corrected chi connectivity index (χ4v) is 0.899. The van der Waals surface area contributed by atoms with E-state index in [-0.39, 0.29) is 0 Å². The van der Waals surface area contributed by atoms with E-state index in [0.717, 1.165) is 6.92 Å². The molecule has 0 fully saturated rings. The Morgan fingerprint density at radius 2 is 1.82 bits per heavy atom. The van der Waals surface area contributed by atoms with Gasteiger partial charge in [-0.25, -0.2) is 0 Å². The van der Waals surface area contributed by atoms with Crippen LogP contribution in [-0.4, -0.2) is 21.6 Å². The largest absolute Gasteiger partial charge is 0.390 e. The molecule has 2 N–H and O–H groups in total. The molecule has 0 aromatic carbocycles. The summed E-state index contributed by atoms with van der Waals surface area (Å²) < 4.78 is 44.7. The van der Waals surface area contributed by atoms with Gasteiger partial charge in [0.15, 0.2) is 0 Å². The van der Waals surface area contributed by atoms with Gasteiger partial charge in [-0.1, -0.05) is 6.92 Å². The Labute approximate surface area is 61.4 Å². The van der Waals surface area contributed by atoms with Crippen molar-refractivity contribution in [1.29, 1.82) is 0 Å². The third kappa shape index (κ3) is 5.24. The maximum atomic E-state index is 11.5. The Morgan fingerprint density at radius 1 is 1.45 bits per heavy atom. The molecule has 7 heteroatoms. The van der Waals surface area contributed by atoms with Crippen molar-refractivity contribution in [3.63, 3.8) is 0 Å². The highest BCUT2D eigenvalue weighted by atomic mass is 31.2. The highest BCUT2D eigenvalue weighted by Gasteiger charge is 2.37. The molecular weight excluding hydrogens is 184 g/mol. The van der Waals surface area contributed by atoms with Crippen LogP contribution in [0.3, 0.4) is 0 Å². The summed E-state index contributed by atoms with van der Waals surface area (Å²) in [6.07, 6.45) is -5.96. The van der Waals surface area contributed by atoms with Gasteiger partial charge in [0.25, 0.3) is 0 Å². The van der Waals surface area contributed by atoms with Crippen molar-refractivity contribution in [2.45, 2.75) is 25.2 Å². The zero-order valence-electron chi connectivity index (χ0n) is 5.67. The lowest BCUT2D eigenvalue weighted by Crippen LogP contribution is -2.16. The normalized spacial score (nSPS) is 16.5. The third-order valence-electron chi connectivity index (χ3n) is 1.10. The summed E-state index contributed by atoms with van der Waals surface area (Å²) in [4.78, 5) is 16.5. The molecule has 3 nitrogen and oxygen atoms in total. The first-order valence-electron chi connectivity index (χ1n) is 2.75. The first kappa shape index (κ1) is 10.9. The summed E-state index contributed by atoms with van der Waals surface area (Å²) in [5.74, 6) is 0. The van der Waals surface area contributed by atoms with Crippen molar-refractivity contribution >= 4 is 7.60 Å². The van der Waals surface area contributed by atoms with Crippen LogP contribution in [0, 0.1) is 0 Å². The summed E-state index contributed by atoms with van der Waals surface area (Å²) in [5.41, 5.74) is -1.65. The summed E-state index contributed by atoms with van der Waals surface area (Å²) in [5, 5.41) is 0. The molecule has 1 atom stereocenters. The van der Waals surface area contributed by atoms with Crippen molar-refractivity contribution in [1.82, 2.24) is 0 Å². The number of hydrogen-bond acceptors (Lipinski definition) is 1. The molecule has 0 aromatic heterocycles. The Morgan fingerprint density at radius 3 is 1.91 bits per heavy atom. The van der Waals surface area contributed by atoms with E-state index in [4.69, 9.17) is 9.79 Å². The maximum Gasteiger partial charge on any atom is 0.390 e. The van der Waals surface area contributed by atoms with Crippen LogP contribution >= 0.6 is 7.60 Å². The summed E-state index contributed by atoms with van der Waals surface area (Å²) in [7, 11) is -4.57. The Kier molecular flexibility index (Phi) is 3.11. The molecule has 68 valence electrons. The average Bonchev–Trinajstić information content (AvgIpc) is 1.56. The average molecular weight is 192 g/mol. The molecule has 0 aromatic rings. The van der Waals surface area contributed by atoms with Gasteiger partial charge >= 0.3 is 13.8 Å².